The Morgan fingerprint density at radius 1 is 1.50 bits per heavy atom. The third kappa shape index (κ3) is 4.15. The van der Waals surface area contributed by atoms with E-state index in [9.17, 15) is 4.79 Å². The summed E-state index contributed by atoms with van der Waals surface area (Å²) in [6.45, 7) is 6.72. The maximum atomic E-state index is 11.2. The van der Waals surface area contributed by atoms with Gasteiger partial charge in [-0.2, -0.15) is 0 Å². The summed E-state index contributed by atoms with van der Waals surface area (Å²) in [6.07, 6.45) is 0.0137. The topological polar surface area (TPSA) is 38.8 Å². The summed E-state index contributed by atoms with van der Waals surface area (Å²) in [5.41, 5.74) is -0.504. The molecule has 1 aliphatic rings. The lowest BCUT2D eigenvalue weighted by molar-refractivity contribution is -0.0236. The zero-order chi connectivity index (χ0) is 10.8. The fourth-order valence-corrected chi connectivity index (χ4v) is 1.45. The first-order valence-corrected chi connectivity index (χ1v) is 5.01. The number of ether oxygens (including phenoxy) is 2. The van der Waals surface area contributed by atoms with Gasteiger partial charge in [0.05, 0.1) is 6.54 Å². The van der Waals surface area contributed by atoms with Crippen molar-refractivity contribution in [1.29, 1.82) is 0 Å². The van der Waals surface area contributed by atoms with Crippen LogP contribution in [0.3, 0.4) is 0 Å². The number of carbonyl (C=O) groups is 1. The van der Waals surface area contributed by atoms with Crippen molar-refractivity contribution in [2.45, 2.75) is 38.9 Å². The average molecular weight is 222 g/mol. The van der Waals surface area contributed by atoms with Crippen molar-refractivity contribution < 1.29 is 14.3 Å². The van der Waals surface area contributed by atoms with E-state index >= 15 is 0 Å². The van der Waals surface area contributed by atoms with Crippen molar-refractivity contribution in [2.75, 3.05) is 13.1 Å². The predicted octanol–water partition coefficient (Wildman–Crippen LogP) is 2.17. The summed E-state index contributed by atoms with van der Waals surface area (Å²) in [6, 6.07) is 0. The molecule has 0 amide bonds. The van der Waals surface area contributed by atoms with Crippen LogP contribution < -0.4 is 0 Å². The molecule has 1 atom stereocenters. The molecule has 0 saturated carbocycles. The Balaban J connectivity index is 2.27. The van der Waals surface area contributed by atoms with Crippen molar-refractivity contribution in [2.24, 2.45) is 0 Å². The van der Waals surface area contributed by atoms with Gasteiger partial charge in [0.25, 0.3) is 0 Å². The number of carbonyl (C=O) groups excluding carboxylic acids is 1. The fraction of sp³-hybridized carbons (Fsp3) is 0.889. The SMILES string of the molecule is CC(C)(C)OC(=O)O[C@H]1CCN(Cl)C1. The van der Waals surface area contributed by atoms with Crippen molar-refractivity contribution in [1.82, 2.24) is 4.42 Å². The van der Waals surface area contributed by atoms with Crippen LogP contribution in [-0.2, 0) is 9.47 Å². The Morgan fingerprint density at radius 3 is 2.57 bits per heavy atom. The van der Waals surface area contributed by atoms with Crippen LogP contribution in [-0.4, -0.2) is 35.4 Å². The summed E-state index contributed by atoms with van der Waals surface area (Å²) >= 11 is 5.72. The van der Waals surface area contributed by atoms with Crippen molar-refractivity contribution in [3.05, 3.63) is 0 Å². The number of hydrogen-bond donors (Lipinski definition) is 0. The minimum absolute atomic E-state index is 0.137. The molecule has 0 radical (unpaired) electrons. The zero-order valence-electron chi connectivity index (χ0n) is 8.75. The predicted molar refractivity (Wildman–Crippen MR) is 53.2 cm³/mol. The molecule has 1 rings (SSSR count). The minimum atomic E-state index is -0.616. The van der Waals surface area contributed by atoms with Crippen LogP contribution >= 0.6 is 11.8 Å². The molecule has 4 nitrogen and oxygen atoms in total. The van der Waals surface area contributed by atoms with E-state index in [0.29, 0.717) is 6.54 Å². The highest BCUT2D eigenvalue weighted by Crippen LogP contribution is 2.16. The van der Waals surface area contributed by atoms with E-state index in [1.807, 2.05) is 0 Å². The molecule has 5 heteroatoms. The van der Waals surface area contributed by atoms with Crippen LogP contribution in [0.1, 0.15) is 27.2 Å². The van der Waals surface area contributed by atoms with E-state index in [2.05, 4.69) is 0 Å². The lowest BCUT2D eigenvalue weighted by Crippen LogP contribution is -2.28. The lowest BCUT2D eigenvalue weighted by Gasteiger charge is -2.20. The van der Waals surface area contributed by atoms with Crippen LogP contribution in [0.15, 0.2) is 0 Å². The molecular weight excluding hydrogens is 206 g/mol. The average Bonchev–Trinajstić information content (AvgIpc) is 2.30. The molecule has 0 spiro atoms. The van der Waals surface area contributed by atoms with Gasteiger partial charge in [-0.05, 0) is 39.0 Å². The first-order chi connectivity index (χ1) is 6.37. The molecule has 0 unspecified atom stereocenters. The fourth-order valence-electron chi connectivity index (χ4n) is 1.19. The second-order valence-corrected chi connectivity index (χ2v) is 4.84. The highest BCUT2D eigenvalue weighted by Gasteiger charge is 2.26. The maximum Gasteiger partial charge on any atom is 0.509 e. The van der Waals surface area contributed by atoms with E-state index in [0.717, 1.165) is 13.0 Å². The molecule has 1 aliphatic heterocycles. The zero-order valence-corrected chi connectivity index (χ0v) is 9.50. The molecule has 0 aromatic rings. The smallest absolute Gasteiger partial charge is 0.429 e. The van der Waals surface area contributed by atoms with E-state index < -0.39 is 11.8 Å². The van der Waals surface area contributed by atoms with Crippen LogP contribution in [0.5, 0.6) is 0 Å². The molecule has 1 heterocycles. The third-order valence-electron chi connectivity index (χ3n) is 1.75. The molecule has 1 fully saturated rings. The molecule has 0 aromatic carbocycles. The molecule has 14 heavy (non-hydrogen) atoms. The van der Waals surface area contributed by atoms with Gasteiger partial charge in [0.15, 0.2) is 0 Å². The highest BCUT2D eigenvalue weighted by molar-refractivity contribution is 6.13. The Morgan fingerprint density at radius 2 is 2.14 bits per heavy atom. The Kier molecular flexibility index (Phi) is 3.61. The van der Waals surface area contributed by atoms with Crippen molar-refractivity contribution in [3.63, 3.8) is 0 Å². The normalized spacial score (nSPS) is 23.6. The second-order valence-electron chi connectivity index (χ2n) is 4.36. The molecule has 0 aromatic heterocycles. The van der Waals surface area contributed by atoms with Crippen LogP contribution in [0, 0.1) is 0 Å². The largest absolute Gasteiger partial charge is 0.509 e. The van der Waals surface area contributed by atoms with Crippen molar-refractivity contribution >= 4 is 17.9 Å². The first kappa shape index (κ1) is 11.6. The maximum absolute atomic E-state index is 11.2. The monoisotopic (exact) mass is 221 g/mol. The van der Waals surface area contributed by atoms with E-state index in [4.69, 9.17) is 21.3 Å². The van der Waals surface area contributed by atoms with Gasteiger partial charge in [-0.15, -0.1) is 0 Å². The summed E-state index contributed by atoms with van der Waals surface area (Å²) in [4.78, 5) is 11.2. The Hall–Kier alpha value is -0.480. The summed E-state index contributed by atoms with van der Waals surface area (Å²) in [5, 5.41) is 0. The number of nitrogens with zero attached hydrogens (tertiary/aromatic N) is 1. The van der Waals surface area contributed by atoms with Crippen LogP contribution in [0.25, 0.3) is 0 Å². The van der Waals surface area contributed by atoms with Crippen LogP contribution in [0.4, 0.5) is 4.79 Å². The van der Waals surface area contributed by atoms with E-state index in [-0.39, 0.29) is 6.10 Å². The van der Waals surface area contributed by atoms with Crippen molar-refractivity contribution in [3.8, 4) is 0 Å². The van der Waals surface area contributed by atoms with Crippen LogP contribution in [0.2, 0.25) is 0 Å². The van der Waals surface area contributed by atoms with Gasteiger partial charge >= 0.3 is 6.16 Å². The highest BCUT2D eigenvalue weighted by atomic mass is 35.5. The molecule has 0 N–H and O–H groups in total. The molecular formula is C9H16ClNO3. The summed E-state index contributed by atoms with van der Waals surface area (Å²) in [5.74, 6) is 0. The number of halogens is 1. The molecule has 0 aliphatic carbocycles. The third-order valence-corrected chi connectivity index (χ3v) is 2.05. The summed E-state index contributed by atoms with van der Waals surface area (Å²) in [7, 11) is 0. The quantitative estimate of drug-likeness (QED) is 0.503. The molecule has 1 saturated heterocycles. The van der Waals surface area contributed by atoms with Gasteiger partial charge in [0, 0.05) is 6.54 Å². The molecule has 0 bridgehead atoms. The minimum Gasteiger partial charge on any atom is -0.429 e. The van der Waals surface area contributed by atoms with E-state index in [1.165, 1.54) is 0 Å². The number of hydrogen-bond acceptors (Lipinski definition) is 4. The Bertz CT molecular complexity index is 215. The number of rotatable bonds is 1. The van der Waals surface area contributed by atoms with Gasteiger partial charge in [-0.1, -0.05) is 0 Å². The van der Waals surface area contributed by atoms with E-state index in [1.54, 1.807) is 25.2 Å². The summed E-state index contributed by atoms with van der Waals surface area (Å²) < 4.78 is 11.7. The first-order valence-electron chi connectivity index (χ1n) is 4.67. The van der Waals surface area contributed by atoms with Gasteiger partial charge in [-0.25, -0.2) is 9.21 Å². The standard InChI is InChI=1S/C9H16ClNO3/c1-9(2,3)14-8(12)13-7-4-5-11(10)6-7/h7H,4-6H2,1-3H3/t7-/m0/s1. The molecule has 82 valence electrons. The second kappa shape index (κ2) is 4.36. The lowest BCUT2D eigenvalue weighted by atomic mass is 10.2. The Labute approximate surface area is 89.2 Å². The van der Waals surface area contributed by atoms with Gasteiger partial charge in [-0.3, -0.25) is 0 Å². The van der Waals surface area contributed by atoms with Gasteiger partial charge < -0.3 is 9.47 Å². The van der Waals surface area contributed by atoms with Gasteiger partial charge in [0.1, 0.15) is 11.7 Å². The van der Waals surface area contributed by atoms with Gasteiger partial charge in [0.2, 0.25) is 0 Å².